The molecule has 0 unspecified atom stereocenters. The van der Waals surface area contributed by atoms with E-state index in [-0.39, 0.29) is 5.57 Å². The van der Waals surface area contributed by atoms with E-state index in [0.29, 0.717) is 16.8 Å². The van der Waals surface area contributed by atoms with Crippen molar-refractivity contribution in [3.63, 3.8) is 0 Å². The Hall–Kier alpha value is -3.53. The lowest BCUT2D eigenvalue weighted by atomic mass is 9.96. The van der Waals surface area contributed by atoms with Gasteiger partial charge in [-0.2, -0.15) is 13.2 Å². The summed E-state index contributed by atoms with van der Waals surface area (Å²) in [5.41, 5.74) is 3.98. The highest BCUT2D eigenvalue weighted by Gasteiger charge is 2.41. The summed E-state index contributed by atoms with van der Waals surface area (Å²) in [5, 5.41) is 0.985. The third-order valence-electron chi connectivity index (χ3n) is 5.48. The molecule has 4 aromatic rings. The maximum absolute atomic E-state index is 14.2. The first-order valence-corrected chi connectivity index (χ1v) is 9.70. The van der Waals surface area contributed by atoms with Gasteiger partial charge >= 0.3 is 6.18 Å². The van der Waals surface area contributed by atoms with E-state index < -0.39 is 11.7 Å². The number of fused-ring (bicyclic) bond motifs is 2. The van der Waals surface area contributed by atoms with Crippen molar-refractivity contribution in [3.05, 3.63) is 113 Å². The standard InChI is InChI=1S/C26H18F3N/c1-17-11-12-18-13-14-30(23(18)15-17)25(19-7-3-2-4-8-19)24-21-10-6-5-9-20(21)16-22(24)26(27,28)29/h2-16H,1H3. The molecule has 1 aromatic heterocycles. The van der Waals surface area contributed by atoms with Crippen LogP contribution in [0.5, 0.6) is 0 Å². The van der Waals surface area contributed by atoms with Gasteiger partial charge in [-0.1, -0.05) is 66.7 Å². The Morgan fingerprint density at radius 2 is 1.57 bits per heavy atom. The van der Waals surface area contributed by atoms with Crippen molar-refractivity contribution in [2.24, 2.45) is 0 Å². The van der Waals surface area contributed by atoms with Crippen LogP contribution >= 0.6 is 0 Å². The molecule has 0 N–H and O–H groups in total. The van der Waals surface area contributed by atoms with Crippen molar-refractivity contribution in [1.29, 1.82) is 0 Å². The topological polar surface area (TPSA) is 4.93 Å². The molecule has 0 bridgehead atoms. The molecule has 0 fully saturated rings. The minimum absolute atomic E-state index is 0.211. The number of rotatable bonds is 2. The first kappa shape index (κ1) is 18.5. The van der Waals surface area contributed by atoms with Crippen molar-refractivity contribution in [2.45, 2.75) is 13.1 Å². The molecular weight excluding hydrogens is 383 g/mol. The fourth-order valence-corrected chi connectivity index (χ4v) is 4.14. The molecule has 1 aliphatic carbocycles. The summed E-state index contributed by atoms with van der Waals surface area (Å²) in [4.78, 5) is 0. The second-order valence-corrected chi connectivity index (χ2v) is 7.48. The third kappa shape index (κ3) is 2.96. The van der Waals surface area contributed by atoms with E-state index in [2.05, 4.69) is 0 Å². The Bertz CT molecular complexity index is 1320. The van der Waals surface area contributed by atoms with Crippen LogP contribution < -0.4 is 0 Å². The normalized spacial score (nSPS) is 15.3. The van der Waals surface area contributed by atoms with Gasteiger partial charge in [0.2, 0.25) is 0 Å². The number of hydrogen-bond acceptors (Lipinski definition) is 0. The monoisotopic (exact) mass is 401 g/mol. The first-order valence-electron chi connectivity index (χ1n) is 9.70. The zero-order chi connectivity index (χ0) is 20.9. The van der Waals surface area contributed by atoms with Crippen LogP contribution in [-0.2, 0) is 0 Å². The van der Waals surface area contributed by atoms with E-state index in [1.54, 1.807) is 24.3 Å². The largest absolute Gasteiger partial charge is 0.417 e. The van der Waals surface area contributed by atoms with Gasteiger partial charge in [0.25, 0.3) is 0 Å². The highest BCUT2D eigenvalue weighted by atomic mass is 19.4. The van der Waals surface area contributed by atoms with Crippen LogP contribution in [0.2, 0.25) is 0 Å². The van der Waals surface area contributed by atoms with E-state index in [9.17, 15) is 13.2 Å². The number of allylic oxidation sites excluding steroid dienone is 2. The van der Waals surface area contributed by atoms with E-state index in [0.717, 1.165) is 22.0 Å². The van der Waals surface area contributed by atoms with Gasteiger partial charge in [0, 0.05) is 11.8 Å². The summed E-state index contributed by atoms with van der Waals surface area (Å²) in [5.74, 6) is 0. The van der Waals surface area contributed by atoms with Crippen molar-refractivity contribution in [1.82, 2.24) is 4.57 Å². The van der Waals surface area contributed by atoms with Crippen molar-refractivity contribution >= 4 is 28.2 Å². The minimum atomic E-state index is -4.47. The van der Waals surface area contributed by atoms with Crippen molar-refractivity contribution in [3.8, 4) is 0 Å². The van der Waals surface area contributed by atoms with Gasteiger partial charge in [0.05, 0.1) is 16.8 Å². The Morgan fingerprint density at radius 1 is 0.833 bits per heavy atom. The van der Waals surface area contributed by atoms with Gasteiger partial charge in [0.15, 0.2) is 0 Å². The molecule has 0 aliphatic heterocycles. The summed E-state index contributed by atoms with van der Waals surface area (Å²) < 4.78 is 44.4. The summed E-state index contributed by atoms with van der Waals surface area (Å²) in [6.45, 7) is 1.98. The zero-order valence-electron chi connectivity index (χ0n) is 16.2. The number of hydrogen-bond donors (Lipinski definition) is 0. The van der Waals surface area contributed by atoms with Gasteiger partial charge in [-0.3, -0.25) is 0 Å². The molecule has 5 rings (SSSR count). The lowest BCUT2D eigenvalue weighted by Gasteiger charge is -2.20. The predicted octanol–water partition coefficient (Wildman–Crippen LogP) is 7.33. The molecule has 0 radical (unpaired) electrons. The average Bonchev–Trinajstić information content (AvgIpc) is 3.31. The van der Waals surface area contributed by atoms with Crippen molar-refractivity contribution in [2.75, 3.05) is 0 Å². The van der Waals surface area contributed by atoms with Gasteiger partial charge in [-0.25, -0.2) is 0 Å². The first-order chi connectivity index (χ1) is 14.4. The molecule has 0 amide bonds. The van der Waals surface area contributed by atoms with Gasteiger partial charge in [0.1, 0.15) is 0 Å². The van der Waals surface area contributed by atoms with Crippen LogP contribution in [0.25, 0.3) is 28.2 Å². The maximum Gasteiger partial charge on any atom is 0.417 e. The quantitative estimate of drug-likeness (QED) is 0.331. The van der Waals surface area contributed by atoms with E-state index in [4.69, 9.17) is 0 Å². The molecule has 0 saturated carbocycles. The molecule has 1 aliphatic rings. The summed E-state index contributed by atoms with van der Waals surface area (Å²) >= 11 is 0. The van der Waals surface area contributed by atoms with E-state index in [1.165, 1.54) is 6.08 Å². The molecule has 148 valence electrons. The fraction of sp³-hybridized carbons (Fsp3) is 0.0769. The Balaban J connectivity index is 1.93. The second-order valence-electron chi connectivity index (χ2n) is 7.48. The van der Waals surface area contributed by atoms with Gasteiger partial charge < -0.3 is 4.57 Å². The number of benzene rings is 3. The van der Waals surface area contributed by atoms with E-state index in [1.807, 2.05) is 72.3 Å². The zero-order valence-corrected chi connectivity index (χ0v) is 16.2. The summed E-state index contributed by atoms with van der Waals surface area (Å²) in [7, 11) is 0. The maximum atomic E-state index is 14.2. The molecule has 0 saturated heterocycles. The second kappa shape index (κ2) is 6.77. The number of alkyl halides is 3. The van der Waals surface area contributed by atoms with Crippen molar-refractivity contribution < 1.29 is 13.2 Å². The molecular formula is C26H18F3N. The summed E-state index contributed by atoms with van der Waals surface area (Å²) in [6, 6.07) is 24.3. The highest BCUT2D eigenvalue weighted by Crippen LogP contribution is 2.48. The highest BCUT2D eigenvalue weighted by molar-refractivity contribution is 6.08. The average molecular weight is 401 g/mol. The van der Waals surface area contributed by atoms with Crippen LogP contribution in [0, 0.1) is 6.92 Å². The number of nitrogens with zero attached hydrogens (tertiary/aromatic N) is 1. The SMILES string of the molecule is Cc1ccc2ccn(C(=C3C(C(F)(F)F)=Cc4ccccc43)c3ccccc3)c2c1. The molecule has 0 atom stereocenters. The van der Waals surface area contributed by atoms with Gasteiger partial charge in [-0.05, 0) is 52.8 Å². The van der Waals surface area contributed by atoms with Crippen LogP contribution in [0.15, 0.2) is 90.6 Å². The predicted molar refractivity (Wildman–Crippen MR) is 116 cm³/mol. The van der Waals surface area contributed by atoms with Gasteiger partial charge in [-0.15, -0.1) is 0 Å². The molecule has 1 heterocycles. The molecule has 30 heavy (non-hydrogen) atoms. The molecule has 0 spiro atoms. The lowest BCUT2D eigenvalue weighted by molar-refractivity contribution is -0.0859. The Labute approximate surface area is 172 Å². The van der Waals surface area contributed by atoms with Crippen LogP contribution in [0.3, 0.4) is 0 Å². The molecule has 3 aromatic carbocycles. The fourth-order valence-electron chi connectivity index (χ4n) is 4.14. The lowest BCUT2D eigenvalue weighted by Crippen LogP contribution is -2.13. The Morgan fingerprint density at radius 3 is 2.33 bits per heavy atom. The van der Waals surface area contributed by atoms with E-state index >= 15 is 0 Å². The number of halogens is 3. The van der Waals surface area contributed by atoms with Crippen LogP contribution in [-0.4, -0.2) is 10.7 Å². The number of aromatic nitrogens is 1. The molecule has 1 nitrogen and oxygen atoms in total. The number of aryl methyl sites for hydroxylation is 1. The Kier molecular flexibility index (Phi) is 4.17. The van der Waals surface area contributed by atoms with Crippen LogP contribution in [0.1, 0.15) is 22.3 Å². The van der Waals surface area contributed by atoms with Crippen LogP contribution in [0.4, 0.5) is 13.2 Å². The summed E-state index contributed by atoms with van der Waals surface area (Å²) in [6.07, 6.45) is -1.35. The minimum Gasteiger partial charge on any atom is -0.315 e. The molecule has 4 heteroatoms. The third-order valence-corrected chi connectivity index (χ3v) is 5.48. The smallest absolute Gasteiger partial charge is 0.315 e.